The number of Topliss-reactive ketones (excluding diaryl/α,β-unsaturated/α-hetero) is 1. The van der Waals surface area contributed by atoms with E-state index in [-0.39, 0.29) is 5.78 Å². The zero-order chi connectivity index (χ0) is 12.4. The second-order valence-corrected chi connectivity index (χ2v) is 4.80. The molecule has 0 radical (unpaired) electrons. The van der Waals surface area contributed by atoms with E-state index < -0.39 is 0 Å². The first-order chi connectivity index (χ1) is 8.83. The van der Waals surface area contributed by atoms with Crippen LogP contribution in [0.2, 0.25) is 0 Å². The van der Waals surface area contributed by atoms with E-state index in [4.69, 9.17) is 0 Å². The van der Waals surface area contributed by atoms with Gasteiger partial charge in [0.05, 0.1) is 5.57 Å². The first-order valence-corrected chi connectivity index (χ1v) is 6.39. The minimum absolute atomic E-state index is 0.115. The largest absolute Gasteiger partial charge is 0.370 e. The Hall–Kier alpha value is -2.01. The van der Waals surface area contributed by atoms with E-state index in [1.54, 1.807) is 6.08 Å². The second-order valence-electron chi connectivity index (χ2n) is 4.80. The van der Waals surface area contributed by atoms with Gasteiger partial charge in [-0.05, 0) is 25.0 Å². The smallest absolute Gasteiger partial charge is 0.174 e. The van der Waals surface area contributed by atoms with Crippen molar-refractivity contribution in [2.45, 2.75) is 25.3 Å². The average Bonchev–Trinajstić information content (AvgIpc) is 3.23. The van der Waals surface area contributed by atoms with Crippen LogP contribution in [0.5, 0.6) is 0 Å². The van der Waals surface area contributed by atoms with Gasteiger partial charge in [-0.15, -0.1) is 0 Å². The third kappa shape index (κ3) is 2.46. The first-order valence-electron chi connectivity index (χ1n) is 6.39. The average molecular weight is 237 g/mol. The highest BCUT2D eigenvalue weighted by Gasteiger charge is 2.27. The lowest BCUT2D eigenvalue weighted by Crippen LogP contribution is -2.22. The Bertz CT molecular complexity index is 547. The monoisotopic (exact) mass is 237 g/mol. The Balaban J connectivity index is 1.76. The Morgan fingerprint density at radius 1 is 1.22 bits per heavy atom. The van der Waals surface area contributed by atoms with Crippen LogP contribution in [-0.4, -0.2) is 23.3 Å². The van der Waals surface area contributed by atoms with Crippen molar-refractivity contribution in [2.75, 3.05) is 6.54 Å². The Morgan fingerprint density at radius 3 is 2.89 bits per heavy atom. The molecule has 2 nitrogen and oxygen atoms in total. The molecule has 0 aromatic carbocycles. The number of carbonyl (C=O) groups is 1. The Morgan fingerprint density at radius 2 is 2.11 bits per heavy atom. The van der Waals surface area contributed by atoms with Gasteiger partial charge in [0.15, 0.2) is 5.78 Å². The molecule has 1 heterocycles. The van der Waals surface area contributed by atoms with Crippen molar-refractivity contribution in [1.82, 2.24) is 4.90 Å². The molecule has 0 aromatic rings. The van der Waals surface area contributed by atoms with Crippen molar-refractivity contribution in [3.8, 4) is 11.8 Å². The lowest BCUT2D eigenvalue weighted by molar-refractivity contribution is -0.114. The standard InChI is InChI=1S/C16H15NO/c18-16-6-2-1-5-14(16)8-7-13-4-3-11-17(12-13)15-9-10-15/h1-5,12,15H,6,9-11H2. The number of hydrogen-bond donors (Lipinski definition) is 0. The summed E-state index contributed by atoms with van der Waals surface area (Å²) in [5, 5.41) is 0. The molecule has 0 N–H and O–H groups in total. The van der Waals surface area contributed by atoms with Gasteiger partial charge in [-0.25, -0.2) is 0 Å². The quantitative estimate of drug-likeness (QED) is 0.652. The van der Waals surface area contributed by atoms with Crippen LogP contribution < -0.4 is 0 Å². The molecule has 0 aromatic heterocycles. The van der Waals surface area contributed by atoms with Crippen LogP contribution in [0.3, 0.4) is 0 Å². The van der Waals surface area contributed by atoms with Gasteiger partial charge >= 0.3 is 0 Å². The third-order valence-electron chi connectivity index (χ3n) is 3.28. The summed E-state index contributed by atoms with van der Waals surface area (Å²) in [5.74, 6) is 6.19. The minimum atomic E-state index is 0.115. The maximum atomic E-state index is 11.6. The van der Waals surface area contributed by atoms with E-state index in [0.717, 1.165) is 12.1 Å². The van der Waals surface area contributed by atoms with E-state index in [0.29, 0.717) is 18.0 Å². The maximum Gasteiger partial charge on any atom is 0.174 e. The van der Waals surface area contributed by atoms with Crippen molar-refractivity contribution in [3.05, 3.63) is 47.7 Å². The van der Waals surface area contributed by atoms with Crippen LogP contribution >= 0.6 is 0 Å². The fourth-order valence-electron chi connectivity index (χ4n) is 2.10. The highest BCUT2D eigenvalue weighted by atomic mass is 16.1. The second kappa shape index (κ2) is 4.70. The number of ketones is 1. The molecule has 90 valence electrons. The molecule has 2 aliphatic carbocycles. The van der Waals surface area contributed by atoms with Crippen LogP contribution in [0.25, 0.3) is 0 Å². The van der Waals surface area contributed by atoms with Gasteiger partial charge in [0, 0.05) is 30.8 Å². The molecule has 0 amide bonds. The molecule has 0 saturated heterocycles. The summed E-state index contributed by atoms with van der Waals surface area (Å²) in [7, 11) is 0. The van der Waals surface area contributed by atoms with Crippen LogP contribution in [0, 0.1) is 11.8 Å². The zero-order valence-electron chi connectivity index (χ0n) is 10.2. The number of hydrogen-bond acceptors (Lipinski definition) is 2. The zero-order valence-corrected chi connectivity index (χ0v) is 10.2. The molecule has 0 atom stereocenters. The van der Waals surface area contributed by atoms with Gasteiger partial charge in [0.25, 0.3) is 0 Å². The molecule has 3 rings (SSSR count). The van der Waals surface area contributed by atoms with Crippen molar-refractivity contribution in [3.63, 3.8) is 0 Å². The third-order valence-corrected chi connectivity index (χ3v) is 3.28. The van der Waals surface area contributed by atoms with E-state index in [1.807, 2.05) is 18.2 Å². The Labute approximate surface area is 107 Å². The lowest BCUT2D eigenvalue weighted by Gasteiger charge is -2.21. The molecule has 0 bridgehead atoms. The molecule has 1 fully saturated rings. The van der Waals surface area contributed by atoms with E-state index >= 15 is 0 Å². The van der Waals surface area contributed by atoms with Gasteiger partial charge < -0.3 is 4.90 Å². The van der Waals surface area contributed by atoms with Crippen molar-refractivity contribution in [2.24, 2.45) is 0 Å². The van der Waals surface area contributed by atoms with E-state index in [1.165, 1.54) is 12.8 Å². The lowest BCUT2D eigenvalue weighted by atomic mass is 10.0. The predicted octanol–water partition coefficient (Wildman–Crippen LogP) is 2.36. The van der Waals surface area contributed by atoms with Crippen molar-refractivity contribution in [1.29, 1.82) is 0 Å². The van der Waals surface area contributed by atoms with Gasteiger partial charge in [-0.2, -0.15) is 0 Å². The minimum Gasteiger partial charge on any atom is -0.370 e. The van der Waals surface area contributed by atoms with Crippen molar-refractivity contribution >= 4 is 5.78 Å². The van der Waals surface area contributed by atoms with Gasteiger partial charge in [-0.1, -0.05) is 30.1 Å². The molecule has 3 aliphatic rings. The molecular formula is C16H15NO. The van der Waals surface area contributed by atoms with Crippen LogP contribution in [-0.2, 0) is 4.79 Å². The molecule has 1 saturated carbocycles. The molecular weight excluding hydrogens is 222 g/mol. The first kappa shape index (κ1) is 11.1. The molecule has 2 heteroatoms. The normalized spacial score (nSPS) is 22.2. The predicted molar refractivity (Wildman–Crippen MR) is 71.6 cm³/mol. The summed E-state index contributed by atoms with van der Waals surface area (Å²) in [6.45, 7) is 0.986. The van der Waals surface area contributed by atoms with Gasteiger partial charge in [-0.3, -0.25) is 4.79 Å². The van der Waals surface area contributed by atoms with Crippen LogP contribution in [0.1, 0.15) is 19.3 Å². The fourth-order valence-corrected chi connectivity index (χ4v) is 2.10. The summed E-state index contributed by atoms with van der Waals surface area (Å²) in [5.41, 5.74) is 1.62. The van der Waals surface area contributed by atoms with E-state index in [9.17, 15) is 4.79 Å². The summed E-state index contributed by atoms with van der Waals surface area (Å²) in [6.07, 6.45) is 14.9. The van der Waals surface area contributed by atoms with E-state index in [2.05, 4.69) is 29.0 Å². The summed E-state index contributed by atoms with van der Waals surface area (Å²) < 4.78 is 0. The number of nitrogens with zero attached hydrogens (tertiary/aromatic N) is 1. The number of rotatable bonds is 1. The van der Waals surface area contributed by atoms with Gasteiger partial charge in [0.2, 0.25) is 0 Å². The highest BCUT2D eigenvalue weighted by Crippen LogP contribution is 2.28. The topological polar surface area (TPSA) is 20.3 Å². The highest BCUT2D eigenvalue weighted by molar-refractivity contribution is 6.01. The number of allylic oxidation sites excluding steroid dienone is 6. The molecule has 0 unspecified atom stereocenters. The SMILES string of the molecule is O=C1CC=CC=C1C#CC1=CN(C2CC2)CC=C1. The summed E-state index contributed by atoms with van der Waals surface area (Å²) in [6, 6.07) is 0.713. The van der Waals surface area contributed by atoms with Crippen LogP contribution in [0.4, 0.5) is 0 Å². The van der Waals surface area contributed by atoms with Crippen molar-refractivity contribution < 1.29 is 4.79 Å². The number of carbonyl (C=O) groups excluding carboxylic acids is 1. The Kier molecular flexibility index (Phi) is 2.90. The summed E-state index contributed by atoms with van der Waals surface area (Å²) >= 11 is 0. The van der Waals surface area contributed by atoms with Gasteiger partial charge in [0.1, 0.15) is 0 Å². The van der Waals surface area contributed by atoms with Crippen LogP contribution in [0.15, 0.2) is 47.7 Å². The maximum absolute atomic E-state index is 11.6. The molecule has 18 heavy (non-hydrogen) atoms. The molecule has 0 spiro atoms. The fraction of sp³-hybridized carbons (Fsp3) is 0.312. The molecule has 1 aliphatic heterocycles. The summed E-state index contributed by atoms with van der Waals surface area (Å²) in [4.78, 5) is 13.9.